The molecule has 0 aliphatic carbocycles. The summed E-state index contributed by atoms with van der Waals surface area (Å²) in [6.45, 7) is 21.6. The van der Waals surface area contributed by atoms with Crippen molar-refractivity contribution in [1.29, 1.82) is 0 Å². The Morgan fingerprint density at radius 1 is 0.740 bits per heavy atom. The van der Waals surface area contributed by atoms with Gasteiger partial charge in [-0.1, -0.05) is 144 Å². The van der Waals surface area contributed by atoms with Gasteiger partial charge in [0, 0.05) is 17.2 Å². The van der Waals surface area contributed by atoms with E-state index in [4.69, 9.17) is 23.1 Å². The summed E-state index contributed by atoms with van der Waals surface area (Å²) < 4.78 is 76.0. The molecule has 0 aliphatic heterocycles. The van der Waals surface area contributed by atoms with Gasteiger partial charge in [-0.25, -0.2) is 17.7 Å². The fraction of sp³-hybridized carbons (Fsp3) is 0.491. The van der Waals surface area contributed by atoms with Crippen molar-refractivity contribution in [3.8, 4) is 23.0 Å². The summed E-state index contributed by atoms with van der Waals surface area (Å²) in [4.78, 5) is 14.2. The van der Waals surface area contributed by atoms with E-state index in [1.54, 1.807) is 34.8 Å². The van der Waals surface area contributed by atoms with E-state index >= 15 is 0 Å². The number of esters is 1. The number of nitrogens with one attached hydrogen (secondary N) is 2. The van der Waals surface area contributed by atoms with Gasteiger partial charge >= 0.3 is 5.97 Å². The molecule has 2 heterocycles. The van der Waals surface area contributed by atoms with E-state index in [0.717, 1.165) is 48.9 Å². The third-order valence-corrected chi connectivity index (χ3v) is 15.2. The number of hydrogen-bond donors (Lipinski definition) is 2. The van der Waals surface area contributed by atoms with Crippen LogP contribution >= 0.6 is 0 Å². The van der Waals surface area contributed by atoms with Gasteiger partial charge in [0.25, 0.3) is 11.3 Å². The lowest BCUT2D eigenvalue weighted by Crippen LogP contribution is -2.31. The number of sulfone groups is 1. The molecule has 0 aliphatic rings. The summed E-state index contributed by atoms with van der Waals surface area (Å²) in [5.74, 6) is 1.40. The minimum Gasteiger partial charge on any atom is -0.490 e. The number of fused-ring (bicyclic) bond motifs is 1. The fourth-order valence-corrected chi connectivity index (χ4v) is 10.8. The summed E-state index contributed by atoms with van der Waals surface area (Å²) in [6.07, 6.45) is 8.88. The predicted octanol–water partition coefficient (Wildman–Crippen LogP) is 12.7. The first-order valence-electron chi connectivity index (χ1n) is 25.7. The highest BCUT2D eigenvalue weighted by Gasteiger charge is 2.31. The van der Waals surface area contributed by atoms with Crippen LogP contribution in [0.1, 0.15) is 162 Å². The van der Waals surface area contributed by atoms with Crippen LogP contribution in [0.2, 0.25) is 0 Å². The Balaban J connectivity index is 1.12. The summed E-state index contributed by atoms with van der Waals surface area (Å²) in [7, 11) is -3.81. The number of rotatable bonds is 28. The number of hydrogen-bond acceptors (Lipinski definition) is 11. The third kappa shape index (κ3) is 16.6. The van der Waals surface area contributed by atoms with Crippen LogP contribution in [0.25, 0.3) is 5.65 Å². The van der Waals surface area contributed by atoms with Gasteiger partial charge in [0.15, 0.2) is 29.1 Å². The van der Waals surface area contributed by atoms with Crippen molar-refractivity contribution in [2.75, 3.05) is 13.2 Å². The molecule has 0 fully saturated rings. The Morgan fingerprint density at radius 2 is 1.36 bits per heavy atom. The standard InChI is InChI=1S/C57H77N5O9S2/c1-11-12-13-14-15-16-17-21-24-49(54(63)68-36-35-67-44-26-30-46(31-27-44)73(65,66)47-32-28-45(29-33-47)69-39-42-22-19-18-20-23-42)70-48-34-25-43(57(9,10)40-55(3,4)5)37-50(48)71-72(64)61-41(2)53-59-58-52-38-51(56(6,7)8)60-62(52)53/h18-20,22-23,25-34,37-38,41,49,60-61H,11-17,21,24,35-36,39-40H2,1-10H3. The van der Waals surface area contributed by atoms with Gasteiger partial charge < -0.3 is 23.1 Å². The van der Waals surface area contributed by atoms with E-state index in [1.807, 2.05) is 55.5 Å². The maximum Gasteiger partial charge on any atom is 0.347 e. The molecule has 0 radical (unpaired) electrons. The quantitative estimate of drug-likeness (QED) is 0.0354. The van der Waals surface area contributed by atoms with Crippen LogP contribution in [0.15, 0.2) is 113 Å². The van der Waals surface area contributed by atoms with E-state index < -0.39 is 39.2 Å². The van der Waals surface area contributed by atoms with Gasteiger partial charge in [-0.05, 0) is 109 Å². The highest BCUT2D eigenvalue weighted by Crippen LogP contribution is 2.41. The number of aromatic nitrogens is 4. The van der Waals surface area contributed by atoms with E-state index in [0.29, 0.717) is 36.0 Å². The van der Waals surface area contributed by atoms with Crippen molar-refractivity contribution in [2.24, 2.45) is 5.41 Å². The number of ether oxygens (including phenoxy) is 4. The molecule has 6 rings (SSSR count). The van der Waals surface area contributed by atoms with Crippen LogP contribution in [0.4, 0.5) is 0 Å². The van der Waals surface area contributed by atoms with Crippen molar-refractivity contribution < 1.29 is 40.6 Å². The molecule has 396 valence electrons. The lowest BCUT2D eigenvalue weighted by molar-refractivity contribution is -0.153. The molecular formula is C57H77N5O9S2. The molecule has 0 bridgehead atoms. The van der Waals surface area contributed by atoms with Crippen molar-refractivity contribution in [3.05, 3.63) is 126 Å². The molecule has 0 saturated carbocycles. The largest absolute Gasteiger partial charge is 0.490 e. The Labute approximate surface area is 436 Å². The molecule has 6 aromatic rings. The minimum atomic E-state index is -3.81. The molecule has 3 unspecified atom stereocenters. The van der Waals surface area contributed by atoms with Gasteiger partial charge in [0.2, 0.25) is 9.84 Å². The lowest BCUT2D eigenvalue weighted by atomic mass is 9.72. The molecule has 0 saturated heterocycles. The molecular weight excluding hydrogens is 963 g/mol. The first-order chi connectivity index (χ1) is 34.6. The van der Waals surface area contributed by atoms with E-state index in [-0.39, 0.29) is 50.7 Å². The summed E-state index contributed by atoms with van der Waals surface area (Å²) >= 11 is -2.08. The molecule has 4 aromatic carbocycles. The molecule has 0 spiro atoms. The highest BCUT2D eigenvalue weighted by atomic mass is 32.2. The molecule has 73 heavy (non-hydrogen) atoms. The smallest absolute Gasteiger partial charge is 0.347 e. The number of carbonyl (C=O) groups is 1. The maximum atomic E-state index is 14.0. The first-order valence-corrected chi connectivity index (χ1v) is 28.2. The van der Waals surface area contributed by atoms with Crippen molar-refractivity contribution >= 4 is 32.7 Å². The number of nitrogens with zero attached hydrogens (tertiary/aromatic N) is 3. The summed E-state index contributed by atoms with van der Waals surface area (Å²) in [5, 5.41) is 12.1. The maximum absolute atomic E-state index is 14.0. The van der Waals surface area contributed by atoms with Crippen LogP contribution < -0.4 is 23.1 Å². The predicted molar refractivity (Wildman–Crippen MR) is 287 cm³/mol. The SMILES string of the molecule is CCCCCCCCCCC(Oc1ccc(C(C)(C)CC(C)(C)C)cc1OS(=O)NC(C)c1nnc2cc(C(C)(C)C)[nH]n12)C(=O)OCCOc1ccc(S(=O)(=O)c2ccc(OCc3ccccc3)cc2)cc1. The zero-order chi connectivity index (χ0) is 52.8. The van der Waals surface area contributed by atoms with Crippen LogP contribution in [0, 0.1) is 5.41 Å². The van der Waals surface area contributed by atoms with Crippen molar-refractivity contribution in [2.45, 2.75) is 173 Å². The van der Waals surface area contributed by atoms with Gasteiger partial charge in [0.05, 0.1) is 15.8 Å². The number of aromatic amines is 1. The second-order valence-electron chi connectivity index (χ2n) is 21.7. The normalized spacial score (nSPS) is 13.6. The van der Waals surface area contributed by atoms with Crippen LogP contribution in [0.5, 0.6) is 23.0 Å². The van der Waals surface area contributed by atoms with Crippen LogP contribution in [-0.4, -0.2) is 57.7 Å². The lowest BCUT2D eigenvalue weighted by Gasteiger charge is -2.33. The number of unbranched alkanes of at least 4 members (excludes halogenated alkanes) is 7. The molecule has 16 heteroatoms. The Morgan fingerprint density at radius 3 is 1.97 bits per heavy atom. The Hall–Kier alpha value is -5.71. The van der Waals surface area contributed by atoms with E-state index in [1.165, 1.54) is 49.9 Å². The topological polar surface area (TPSA) is 172 Å². The summed E-state index contributed by atoms with van der Waals surface area (Å²) in [6, 6.07) is 29.2. The molecule has 3 atom stereocenters. The highest BCUT2D eigenvalue weighted by molar-refractivity contribution is 7.91. The fourth-order valence-electron chi connectivity index (χ4n) is 8.83. The average Bonchev–Trinajstić information content (AvgIpc) is 3.95. The molecule has 14 nitrogen and oxygen atoms in total. The first kappa shape index (κ1) is 56.6. The van der Waals surface area contributed by atoms with Gasteiger partial charge in [-0.3, -0.25) is 5.10 Å². The van der Waals surface area contributed by atoms with Crippen LogP contribution in [0.3, 0.4) is 0 Å². The third-order valence-electron chi connectivity index (χ3n) is 12.5. The second kappa shape index (κ2) is 25.5. The van der Waals surface area contributed by atoms with E-state index in [2.05, 4.69) is 82.3 Å². The zero-order valence-corrected chi connectivity index (χ0v) is 46.1. The minimum absolute atomic E-state index is 0.0134. The molecule has 2 N–H and O–H groups in total. The second-order valence-corrected chi connectivity index (χ2v) is 24.5. The molecule has 0 amide bonds. The Kier molecular flexibility index (Phi) is 19.8. The molecule has 2 aromatic heterocycles. The summed E-state index contributed by atoms with van der Waals surface area (Å²) in [5.41, 5.74) is 3.17. The Bertz CT molecular complexity index is 2810. The number of H-pyrrole nitrogens is 1. The van der Waals surface area contributed by atoms with Gasteiger partial charge in [0.1, 0.15) is 31.3 Å². The zero-order valence-electron chi connectivity index (χ0n) is 44.5. The van der Waals surface area contributed by atoms with Crippen molar-refractivity contribution in [1.82, 2.24) is 24.5 Å². The average molecular weight is 1040 g/mol. The number of carbonyl (C=O) groups excluding carboxylic acids is 1. The van der Waals surface area contributed by atoms with Crippen LogP contribution in [-0.2, 0) is 48.1 Å². The van der Waals surface area contributed by atoms with E-state index in [9.17, 15) is 17.4 Å². The monoisotopic (exact) mass is 1040 g/mol. The number of benzene rings is 4. The van der Waals surface area contributed by atoms with Gasteiger partial charge in [-0.15, -0.1) is 10.2 Å². The van der Waals surface area contributed by atoms with Gasteiger partial charge in [-0.2, -0.15) is 8.93 Å². The van der Waals surface area contributed by atoms with Crippen molar-refractivity contribution in [3.63, 3.8) is 0 Å².